The lowest BCUT2D eigenvalue weighted by Gasteiger charge is -2.31. The van der Waals surface area contributed by atoms with E-state index in [1.54, 1.807) is 0 Å². The van der Waals surface area contributed by atoms with Crippen molar-refractivity contribution in [2.75, 3.05) is 5.75 Å². The molecule has 0 spiro atoms. The Morgan fingerprint density at radius 2 is 1.55 bits per heavy atom. The molecule has 0 fully saturated rings. The Labute approximate surface area is 143 Å². The average Bonchev–Trinajstić information content (AvgIpc) is 2.58. The van der Waals surface area contributed by atoms with Crippen LogP contribution in [0.2, 0.25) is 0 Å². The van der Waals surface area contributed by atoms with Gasteiger partial charge < -0.3 is 0 Å². The van der Waals surface area contributed by atoms with Crippen LogP contribution in [0.4, 0.5) is 0 Å². The van der Waals surface area contributed by atoms with Crippen LogP contribution in [0.5, 0.6) is 0 Å². The van der Waals surface area contributed by atoms with Gasteiger partial charge in [0.2, 0.25) is 0 Å². The van der Waals surface area contributed by atoms with Crippen molar-refractivity contribution in [3.05, 3.63) is 10.5 Å². The molecule has 128 valence electrons. The minimum atomic E-state index is 0.915. The third-order valence-electron chi connectivity index (χ3n) is 5.68. The van der Waals surface area contributed by atoms with Crippen molar-refractivity contribution in [3.8, 4) is 0 Å². The van der Waals surface area contributed by atoms with Crippen LogP contribution in [-0.4, -0.2) is 5.75 Å². The molecular weight excluding hydrogens is 284 g/mol. The summed E-state index contributed by atoms with van der Waals surface area (Å²) < 4.78 is 0. The molecule has 2 unspecified atom stereocenters. The van der Waals surface area contributed by atoms with Gasteiger partial charge in [-0.3, -0.25) is 0 Å². The molecule has 2 aliphatic rings. The third kappa shape index (κ3) is 5.62. The Morgan fingerprint density at radius 1 is 0.818 bits per heavy atom. The summed E-state index contributed by atoms with van der Waals surface area (Å²) in [6, 6.07) is 0. The number of rotatable bonds is 5. The van der Waals surface area contributed by atoms with E-state index in [9.17, 15) is 0 Å². The van der Waals surface area contributed by atoms with Gasteiger partial charge in [-0.25, -0.2) is 0 Å². The predicted molar refractivity (Wildman–Crippen MR) is 102 cm³/mol. The highest BCUT2D eigenvalue weighted by Crippen LogP contribution is 2.44. The fourth-order valence-electron chi connectivity index (χ4n) is 4.46. The SMILES string of the molecule is CCCCC1CCCCCCCC(CCC)C2=C1SCCC2. The number of hydrogen-bond acceptors (Lipinski definition) is 1. The Balaban J connectivity index is 2.21. The molecule has 2 atom stereocenters. The van der Waals surface area contributed by atoms with Crippen LogP contribution in [0, 0.1) is 11.8 Å². The fourth-order valence-corrected chi connectivity index (χ4v) is 5.89. The van der Waals surface area contributed by atoms with Gasteiger partial charge in [-0.2, -0.15) is 0 Å². The van der Waals surface area contributed by atoms with E-state index in [2.05, 4.69) is 25.6 Å². The molecule has 2 rings (SSSR count). The van der Waals surface area contributed by atoms with Crippen LogP contribution < -0.4 is 0 Å². The Kier molecular flexibility index (Phi) is 9.04. The standard InChI is InChI=1S/C21H38S/c1-3-5-13-19-15-10-8-6-7-9-14-18(12-4-2)20-16-11-17-22-21(19)20/h18-19H,3-17H2,1-2H3. The second-order valence-corrected chi connectivity index (χ2v) is 8.65. The van der Waals surface area contributed by atoms with Crippen molar-refractivity contribution in [1.82, 2.24) is 0 Å². The molecule has 0 bridgehead atoms. The molecule has 0 aromatic rings. The normalized spacial score (nSPS) is 28.1. The lowest BCUT2D eigenvalue weighted by molar-refractivity contribution is 0.455. The van der Waals surface area contributed by atoms with Gasteiger partial charge in [0, 0.05) is 0 Å². The van der Waals surface area contributed by atoms with E-state index in [0.29, 0.717) is 0 Å². The number of hydrogen-bond donors (Lipinski definition) is 0. The number of unbranched alkanes of at least 4 members (excludes halogenated alkanes) is 1. The molecule has 1 aliphatic heterocycles. The zero-order chi connectivity index (χ0) is 15.6. The third-order valence-corrected chi connectivity index (χ3v) is 7.08. The largest absolute Gasteiger partial charge is 0.130 e. The Morgan fingerprint density at radius 3 is 2.27 bits per heavy atom. The van der Waals surface area contributed by atoms with Crippen molar-refractivity contribution in [1.29, 1.82) is 0 Å². The van der Waals surface area contributed by atoms with Crippen molar-refractivity contribution in [2.24, 2.45) is 11.8 Å². The lowest BCUT2D eigenvalue weighted by atomic mass is 9.83. The van der Waals surface area contributed by atoms with Crippen LogP contribution >= 0.6 is 11.8 Å². The Hall–Kier alpha value is 0.0900. The summed E-state index contributed by atoms with van der Waals surface area (Å²) in [5.41, 5.74) is 1.93. The molecule has 0 saturated heterocycles. The maximum Gasteiger partial charge on any atom is -0.00201 e. The Bertz CT molecular complexity index is 331. The maximum absolute atomic E-state index is 2.38. The molecular formula is C21H38S. The molecule has 0 aromatic heterocycles. The van der Waals surface area contributed by atoms with Crippen molar-refractivity contribution in [3.63, 3.8) is 0 Å². The molecule has 0 saturated carbocycles. The van der Waals surface area contributed by atoms with Crippen LogP contribution in [0.25, 0.3) is 0 Å². The summed E-state index contributed by atoms with van der Waals surface area (Å²) >= 11 is 2.26. The average molecular weight is 323 g/mol. The van der Waals surface area contributed by atoms with Crippen LogP contribution in [0.1, 0.15) is 104 Å². The molecule has 1 heteroatoms. The minimum Gasteiger partial charge on any atom is -0.130 e. The van der Waals surface area contributed by atoms with Gasteiger partial charge in [-0.1, -0.05) is 70.8 Å². The highest BCUT2D eigenvalue weighted by molar-refractivity contribution is 8.03. The summed E-state index contributed by atoms with van der Waals surface area (Å²) in [7, 11) is 0. The van der Waals surface area contributed by atoms with Gasteiger partial charge in [-0.05, 0) is 61.0 Å². The van der Waals surface area contributed by atoms with Crippen molar-refractivity contribution < 1.29 is 0 Å². The molecule has 1 aliphatic carbocycles. The quantitative estimate of drug-likeness (QED) is 0.499. The van der Waals surface area contributed by atoms with Crippen LogP contribution in [-0.2, 0) is 0 Å². The first-order valence-corrected chi connectivity index (χ1v) is 11.2. The van der Waals surface area contributed by atoms with E-state index in [0.717, 1.165) is 11.8 Å². The first-order valence-electron chi connectivity index (χ1n) is 10.2. The highest BCUT2D eigenvalue weighted by Gasteiger charge is 2.26. The predicted octanol–water partition coefficient (Wildman–Crippen LogP) is 7.73. The van der Waals surface area contributed by atoms with Crippen molar-refractivity contribution in [2.45, 2.75) is 104 Å². The number of thioether (sulfide) groups is 1. The van der Waals surface area contributed by atoms with Crippen LogP contribution in [0.3, 0.4) is 0 Å². The van der Waals surface area contributed by atoms with Gasteiger partial charge in [-0.15, -0.1) is 11.8 Å². The fraction of sp³-hybridized carbons (Fsp3) is 0.905. The molecule has 0 amide bonds. The topological polar surface area (TPSA) is 0 Å². The molecule has 22 heavy (non-hydrogen) atoms. The number of allylic oxidation sites excluding steroid dienone is 2. The van der Waals surface area contributed by atoms with Gasteiger partial charge in [0.15, 0.2) is 0 Å². The summed E-state index contributed by atoms with van der Waals surface area (Å²) in [5.74, 6) is 3.23. The molecule has 0 radical (unpaired) electrons. The summed E-state index contributed by atoms with van der Waals surface area (Å²) in [6.07, 6.45) is 20.3. The van der Waals surface area contributed by atoms with Crippen molar-refractivity contribution >= 4 is 11.8 Å². The second kappa shape index (κ2) is 10.8. The van der Waals surface area contributed by atoms with Gasteiger partial charge in [0.25, 0.3) is 0 Å². The highest BCUT2D eigenvalue weighted by atomic mass is 32.2. The monoisotopic (exact) mass is 322 g/mol. The summed E-state index contributed by atoms with van der Waals surface area (Å²) in [5, 5.41) is 0. The molecule has 0 aromatic carbocycles. The second-order valence-electron chi connectivity index (χ2n) is 7.51. The van der Waals surface area contributed by atoms with E-state index in [1.165, 1.54) is 95.6 Å². The molecule has 1 heterocycles. The van der Waals surface area contributed by atoms with E-state index in [4.69, 9.17) is 0 Å². The minimum absolute atomic E-state index is 0.915. The summed E-state index contributed by atoms with van der Waals surface area (Å²) in [6.45, 7) is 4.74. The molecule has 0 nitrogen and oxygen atoms in total. The van der Waals surface area contributed by atoms with Gasteiger partial charge in [0.05, 0.1) is 0 Å². The lowest BCUT2D eigenvalue weighted by Crippen LogP contribution is -2.15. The first kappa shape index (κ1) is 18.4. The summed E-state index contributed by atoms with van der Waals surface area (Å²) in [4.78, 5) is 1.89. The zero-order valence-electron chi connectivity index (χ0n) is 15.2. The van der Waals surface area contributed by atoms with E-state index in [1.807, 2.05) is 10.5 Å². The molecule has 0 N–H and O–H groups in total. The smallest absolute Gasteiger partial charge is 0.00201 e. The first-order chi connectivity index (χ1) is 10.9. The maximum atomic E-state index is 2.38. The van der Waals surface area contributed by atoms with Gasteiger partial charge in [0.1, 0.15) is 0 Å². The van der Waals surface area contributed by atoms with E-state index < -0.39 is 0 Å². The van der Waals surface area contributed by atoms with Gasteiger partial charge >= 0.3 is 0 Å². The van der Waals surface area contributed by atoms with Crippen LogP contribution in [0.15, 0.2) is 10.5 Å². The zero-order valence-corrected chi connectivity index (χ0v) is 16.0. The van der Waals surface area contributed by atoms with E-state index >= 15 is 0 Å². The van der Waals surface area contributed by atoms with E-state index in [-0.39, 0.29) is 0 Å².